The average molecular weight is 368 g/mol. The van der Waals surface area contributed by atoms with Crippen molar-refractivity contribution in [1.82, 2.24) is 0 Å². The first-order valence-corrected chi connectivity index (χ1v) is 9.19. The van der Waals surface area contributed by atoms with Gasteiger partial charge in [0.15, 0.2) is 0 Å². The van der Waals surface area contributed by atoms with E-state index in [-0.39, 0.29) is 12.1 Å². The van der Waals surface area contributed by atoms with Gasteiger partial charge in [-0.15, -0.1) is 6.58 Å². The highest BCUT2D eigenvalue weighted by Gasteiger charge is 2.30. The average Bonchev–Trinajstić information content (AvgIpc) is 2.67. The van der Waals surface area contributed by atoms with Gasteiger partial charge in [-0.05, 0) is 24.5 Å². The fourth-order valence-corrected chi connectivity index (χ4v) is 2.88. The molecule has 0 saturated heterocycles. The van der Waals surface area contributed by atoms with Crippen molar-refractivity contribution < 1.29 is 19.0 Å². The maximum Gasteiger partial charge on any atom is 0.302 e. The van der Waals surface area contributed by atoms with E-state index in [1.54, 1.807) is 6.08 Å². The molecule has 0 fully saturated rings. The molecule has 144 valence electrons. The Morgan fingerprint density at radius 2 is 1.48 bits per heavy atom. The standard InChI is InChI=1S/C23H28O4/c1-4-11-22(25-16-20-12-7-5-8-13-20)23(18(2)27-19(3)24)26-17-21-14-9-6-10-15-21/h4-10,12-15,18,22-23H,1,11,16-17H2,2-3H3/t18-,22-,23-/m1/s1. The molecule has 2 aromatic rings. The van der Waals surface area contributed by atoms with Crippen LogP contribution in [0.25, 0.3) is 0 Å². The Balaban J connectivity index is 2.09. The lowest BCUT2D eigenvalue weighted by atomic mass is 10.0. The van der Waals surface area contributed by atoms with Crippen LogP contribution in [0.15, 0.2) is 73.3 Å². The van der Waals surface area contributed by atoms with E-state index in [1.165, 1.54) is 6.92 Å². The Morgan fingerprint density at radius 3 is 1.96 bits per heavy atom. The lowest BCUT2D eigenvalue weighted by molar-refractivity contribution is -0.167. The molecule has 0 aliphatic carbocycles. The van der Waals surface area contributed by atoms with E-state index in [0.717, 1.165) is 11.1 Å². The number of benzene rings is 2. The SMILES string of the molecule is C=CC[C@@H](OCc1ccccc1)[C@H](OCc1ccccc1)[C@@H](C)OC(C)=O. The lowest BCUT2D eigenvalue weighted by Gasteiger charge is -2.31. The van der Waals surface area contributed by atoms with E-state index >= 15 is 0 Å². The first kappa shape index (κ1) is 20.9. The minimum atomic E-state index is -0.438. The van der Waals surface area contributed by atoms with Gasteiger partial charge < -0.3 is 14.2 Å². The number of carbonyl (C=O) groups excluding carboxylic acids is 1. The van der Waals surface area contributed by atoms with Crippen LogP contribution in [0.4, 0.5) is 0 Å². The third-order valence-electron chi connectivity index (χ3n) is 4.17. The van der Waals surface area contributed by atoms with Gasteiger partial charge in [0.1, 0.15) is 12.2 Å². The summed E-state index contributed by atoms with van der Waals surface area (Å²) in [5.41, 5.74) is 2.13. The number of hydrogen-bond acceptors (Lipinski definition) is 4. The minimum Gasteiger partial charge on any atom is -0.460 e. The van der Waals surface area contributed by atoms with Crippen molar-refractivity contribution in [3.63, 3.8) is 0 Å². The van der Waals surface area contributed by atoms with E-state index in [9.17, 15) is 4.79 Å². The molecule has 4 nitrogen and oxygen atoms in total. The Morgan fingerprint density at radius 1 is 0.963 bits per heavy atom. The van der Waals surface area contributed by atoms with E-state index in [4.69, 9.17) is 14.2 Å². The first-order valence-electron chi connectivity index (χ1n) is 9.19. The Kier molecular flexibility index (Phi) is 8.75. The molecule has 3 atom stereocenters. The Labute approximate surface area is 161 Å². The normalized spacial score (nSPS) is 14.1. The van der Waals surface area contributed by atoms with Gasteiger partial charge >= 0.3 is 5.97 Å². The second-order valence-corrected chi connectivity index (χ2v) is 6.44. The molecule has 0 amide bonds. The number of rotatable bonds is 11. The molecule has 2 aromatic carbocycles. The summed E-state index contributed by atoms with van der Waals surface area (Å²) in [6.45, 7) is 7.94. The fraction of sp³-hybridized carbons (Fsp3) is 0.348. The summed E-state index contributed by atoms with van der Waals surface area (Å²) in [7, 11) is 0. The number of hydrogen-bond donors (Lipinski definition) is 0. The van der Waals surface area contributed by atoms with Crippen LogP contribution in [-0.4, -0.2) is 24.3 Å². The van der Waals surface area contributed by atoms with Crippen LogP contribution in [0.2, 0.25) is 0 Å². The van der Waals surface area contributed by atoms with Crippen molar-refractivity contribution >= 4 is 5.97 Å². The third kappa shape index (κ3) is 7.37. The second-order valence-electron chi connectivity index (χ2n) is 6.44. The Hall–Kier alpha value is -2.43. The minimum absolute atomic E-state index is 0.277. The van der Waals surface area contributed by atoms with Crippen LogP contribution < -0.4 is 0 Å². The molecule has 0 unspecified atom stereocenters. The predicted octanol–water partition coefficient (Wildman–Crippen LogP) is 4.68. The van der Waals surface area contributed by atoms with Gasteiger partial charge in [-0.3, -0.25) is 4.79 Å². The molecule has 0 saturated carbocycles. The fourth-order valence-electron chi connectivity index (χ4n) is 2.88. The molecule has 0 aromatic heterocycles. The molecule has 27 heavy (non-hydrogen) atoms. The quantitative estimate of drug-likeness (QED) is 0.426. The highest BCUT2D eigenvalue weighted by atomic mass is 16.6. The van der Waals surface area contributed by atoms with E-state index in [2.05, 4.69) is 6.58 Å². The Bertz CT molecular complexity index is 684. The zero-order valence-electron chi connectivity index (χ0n) is 16.0. The second kappa shape index (κ2) is 11.3. The van der Waals surface area contributed by atoms with Crippen molar-refractivity contribution in [2.45, 2.75) is 51.8 Å². The van der Waals surface area contributed by atoms with Crippen LogP contribution in [0, 0.1) is 0 Å². The van der Waals surface area contributed by atoms with Crippen molar-refractivity contribution in [2.75, 3.05) is 0 Å². The van der Waals surface area contributed by atoms with Crippen LogP contribution in [0.1, 0.15) is 31.4 Å². The van der Waals surface area contributed by atoms with Crippen LogP contribution >= 0.6 is 0 Å². The molecular weight excluding hydrogens is 340 g/mol. The van der Waals surface area contributed by atoms with Gasteiger partial charge in [-0.1, -0.05) is 66.7 Å². The molecular formula is C23H28O4. The highest BCUT2D eigenvalue weighted by molar-refractivity contribution is 5.66. The third-order valence-corrected chi connectivity index (χ3v) is 4.17. The van der Waals surface area contributed by atoms with Gasteiger partial charge in [-0.25, -0.2) is 0 Å². The molecule has 0 N–H and O–H groups in total. The largest absolute Gasteiger partial charge is 0.460 e. The number of esters is 1. The summed E-state index contributed by atoms with van der Waals surface area (Å²) >= 11 is 0. The number of ether oxygens (including phenoxy) is 3. The monoisotopic (exact) mass is 368 g/mol. The molecule has 0 spiro atoms. The molecule has 4 heteroatoms. The summed E-state index contributed by atoms with van der Waals surface area (Å²) in [5.74, 6) is -0.337. The molecule has 0 heterocycles. The first-order chi connectivity index (χ1) is 13.1. The maximum absolute atomic E-state index is 11.5. The summed E-state index contributed by atoms with van der Waals surface area (Å²) in [4.78, 5) is 11.5. The lowest BCUT2D eigenvalue weighted by Crippen LogP contribution is -2.41. The predicted molar refractivity (Wildman–Crippen MR) is 106 cm³/mol. The molecule has 0 aliphatic rings. The molecule has 2 rings (SSSR count). The van der Waals surface area contributed by atoms with Crippen molar-refractivity contribution in [3.05, 3.63) is 84.4 Å². The van der Waals surface area contributed by atoms with E-state index < -0.39 is 12.2 Å². The highest BCUT2D eigenvalue weighted by Crippen LogP contribution is 2.19. The zero-order chi connectivity index (χ0) is 19.5. The van der Waals surface area contributed by atoms with Gasteiger partial charge in [0.05, 0.1) is 19.3 Å². The van der Waals surface area contributed by atoms with Gasteiger partial charge in [-0.2, -0.15) is 0 Å². The van der Waals surface area contributed by atoms with E-state index in [0.29, 0.717) is 19.6 Å². The van der Waals surface area contributed by atoms with Crippen molar-refractivity contribution in [3.8, 4) is 0 Å². The van der Waals surface area contributed by atoms with Crippen LogP contribution in [0.5, 0.6) is 0 Å². The summed E-state index contributed by atoms with van der Waals surface area (Å²) in [5, 5.41) is 0. The van der Waals surface area contributed by atoms with Crippen LogP contribution in [-0.2, 0) is 32.2 Å². The summed E-state index contributed by atoms with van der Waals surface area (Å²) in [6, 6.07) is 19.9. The molecule has 0 bridgehead atoms. The smallest absolute Gasteiger partial charge is 0.302 e. The molecule has 0 aliphatic heterocycles. The number of carbonyl (C=O) groups is 1. The topological polar surface area (TPSA) is 44.8 Å². The summed E-state index contributed by atoms with van der Waals surface area (Å²) in [6.07, 6.45) is 1.27. The molecule has 0 radical (unpaired) electrons. The maximum atomic E-state index is 11.5. The van der Waals surface area contributed by atoms with Crippen LogP contribution in [0.3, 0.4) is 0 Å². The van der Waals surface area contributed by atoms with Gasteiger partial charge in [0, 0.05) is 6.92 Å². The van der Waals surface area contributed by atoms with E-state index in [1.807, 2.05) is 67.6 Å². The van der Waals surface area contributed by atoms with Gasteiger partial charge in [0.25, 0.3) is 0 Å². The zero-order valence-corrected chi connectivity index (χ0v) is 16.0. The van der Waals surface area contributed by atoms with Gasteiger partial charge in [0.2, 0.25) is 0 Å². The van der Waals surface area contributed by atoms with Crippen molar-refractivity contribution in [1.29, 1.82) is 0 Å². The summed E-state index contributed by atoms with van der Waals surface area (Å²) < 4.78 is 17.7. The van der Waals surface area contributed by atoms with Crippen molar-refractivity contribution in [2.24, 2.45) is 0 Å².